The molecule has 2 nitrogen and oxygen atoms in total. The molecule has 20 heavy (non-hydrogen) atoms. The summed E-state index contributed by atoms with van der Waals surface area (Å²) in [6, 6.07) is 0. The van der Waals surface area contributed by atoms with Gasteiger partial charge in [0.15, 0.2) is 6.54 Å². The average Bonchev–Trinajstić information content (AvgIpc) is 2.98. The second-order valence-electron chi connectivity index (χ2n) is 4.51. The highest BCUT2D eigenvalue weighted by molar-refractivity contribution is 8.14. The molecule has 0 N–H and O–H groups in total. The Balaban J connectivity index is 0.00000200. The van der Waals surface area contributed by atoms with Crippen LogP contribution in [0, 0.1) is 0 Å². The minimum Gasteiger partial charge on any atom is -1.00 e. The van der Waals surface area contributed by atoms with E-state index < -0.39 is 0 Å². The highest BCUT2D eigenvalue weighted by Gasteiger charge is 2.15. The third kappa shape index (κ3) is 5.69. The molecule has 0 aromatic rings. The Kier molecular flexibility index (Phi) is 8.72. The summed E-state index contributed by atoms with van der Waals surface area (Å²) in [5.74, 6) is 2.41. The van der Waals surface area contributed by atoms with Crippen LogP contribution in [0.1, 0.15) is 0 Å². The zero-order chi connectivity index (χ0) is 13.5. The van der Waals surface area contributed by atoms with Crippen LogP contribution in [0.4, 0.5) is 0 Å². The minimum atomic E-state index is 0. The molecular formula is C15H21IN2S2. The summed E-state index contributed by atoms with van der Waals surface area (Å²) < 4.78 is 2.29. The summed E-state index contributed by atoms with van der Waals surface area (Å²) in [7, 11) is 4.29. The van der Waals surface area contributed by atoms with Crippen molar-refractivity contribution in [3.63, 3.8) is 0 Å². The number of thioether (sulfide) groups is 2. The van der Waals surface area contributed by atoms with Crippen molar-refractivity contribution in [1.82, 2.24) is 4.90 Å². The highest BCUT2D eigenvalue weighted by atomic mass is 127. The Bertz CT molecular complexity index is 464. The Morgan fingerprint density at radius 1 is 1.05 bits per heavy atom. The van der Waals surface area contributed by atoms with Gasteiger partial charge < -0.3 is 28.9 Å². The maximum Gasteiger partial charge on any atom is 0.234 e. The van der Waals surface area contributed by atoms with Gasteiger partial charge in [0, 0.05) is 25.4 Å². The molecular weight excluding hydrogens is 399 g/mol. The molecule has 110 valence electrons. The normalized spacial score (nSPS) is 22.1. The van der Waals surface area contributed by atoms with E-state index in [2.05, 4.69) is 66.1 Å². The van der Waals surface area contributed by atoms with Crippen molar-refractivity contribution in [2.75, 3.05) is 38.7 Å². The molecule has 0 saturated carbocycles. The lowest BCUT2D eigenvalue weighted by atomic mass is 10.4. The molecule has 0 aromatic heterocycles. The molecule has 5 heteroatoms. The molecule has 0 spiro atoms. The molecule has 0 atom stereocenters. The molecule has 2 rings (SSSR count). The minimum absolute atomic E-state index is 0. The molecule has 0 bridgehead atoms. The maximum atomic E-state index is 2.29. The zero-order valence-corrected chi connectivity index (χ0v) is 15.7. The van der Waals surface area contributed by atoms with Crippen molar-refractivity contribution in [2.45, 2.75) is 0 Å². The number of hydrogen-bond acceptors (Lipinski definition) is 3. The highest BCUT2D eigenvalue weighted by Crippen LogP contribution is 2.25. The van der Waals surface area contributed by atoms with Crippen molar-refractivity contribution in [3.8, 4) is 0 Å². The van der Waals surface area contributed by atoms with Crippen molar-refractivity contribution >= 4 is 28.6 Å². The topological polar surface area (TPSA) is 6.25 Å². The Morgan fingerprint density at radius 3 is 2.45 bits per heavy atom. The van der Waals surface area contributed by atoms with Gasteiger partial charge in [-0.3, -0.25) is 0 Å². The van der Waals surface area contributed by atoms with Crippen molar-refractivity contribution in [3.05, 3.63) is 47.6 Å². The number of allylic oxidation sites excluding steroid dienone is 6. The first-order valence-electron chi connectivity index (χ1n) is 6.54. The van der Waals surface area contributed by atoms with E-state index in [0.717, 1.165) is 13.1 Å². The van der Waals surface area contributed by atoms with E-state index in [1.165, 1.54) is 21.6 Å². The lowest BCUT2D eigenvalue weighted by Gasteiger charge is -2.09. The Morgan fingerprint density at radius 2 is 1.80 bits per heavy atom. The lowest BCUT2D eigenvalue weighted by Crippen LogP contribution is -3.00. The van der Waals surface area contributed by atoms with Gasteiger partial charge in [-0.25, -0.2) is 4.58 Å². The molecule has 0 unspecified atom stereocenters. The van der Waals surface area contributed by atoms with E-state index in [-0.39, 0.29) is 24.0 Å². The third-order valence-electron chi connectivity index (χ3n) is 3.03. The zero-order valence-electron chi connectivity index (χ0n) is 12.0. The summed E-state index contributed by atoms with van der Waals surface area (Å²) in [6.07, 6.45) is 14.8. The molecule has 1 saturated heterocycles. The van der Waals surface area contributed by atoms with Crippen LogP contribution < -0.4 is 24.0 Å². The quantitative estimate of drug-likeness (QED) is 0.358. The molecule has 0 radical (unpaired) electrons. The summed E-state index contributed by atoms with van der Waals surface area (Å²) >= 11 is 3.84. The van der Waals surface area contributed by atoms with E-state index in [9.17, 15) is 0 Å². The fourth-order valence-corrected chi connectivity index (χ4v) is 3.96. The maximum absolute atomic E-state index is 2.29. The van der Waals surface area contributed by atoms with E-state index in [4.69, 9.17) is 0 Å². The first kappa shape index (κ1) is 17.9. The van der Waals surface area contributed by atoms with Crippen LogP contribution in [0.3, 0.4) is 0 Å². The van der Waals surface area contributed by atoms with Gasteiger partial charge in [0.2, 0.25) is 5.04 Å². The largest absolute Gasteiger partial charge is 1.00 e. The number of nitrogens with zero attached hydrogens (tertiary/aromatic N) is 2. The van der Waals surface area contributed by atoms with Crippen LogP contribution in [-0.2, 0) is 0 Å². The van der Waals surface area contributed by atoms with Gasteiger partial charge >= 0.3 is 0 Å². The lowest BCUT2D eigenvalue weighted by molar-refractivity contribution is -0.485. The molecule has 0 aliphatic carbocycles. The monoisotopic (exact) mass is 420 g/mol. The molecule has 0 amide bonds. The smallest absolute Gasteiger partial charge is 0.234 e. The van der Waals surface area contributed by atoms with Gasteiger partial charge in [-0.15, -0.1) is 11.8 Å². The average molecular weight is 420 g/mol. The van der Waals surface area contributed by atoms with Crippen molar-refractivity contribution < 1.29 is 28.6 Å². The van der Waals surface area contributed by atoms with Crippen LogP contribution in [-0.4, -0.2) is 53.2 Å². The predicted octanol–water partition coefficient (Wildman–Crippen LogP) is -0.0334. The van der Waals surface area contributed by atoms with E-state index >= 15 is 0 Å². The third-order valence-corrected chi connectivity index (χ3v) is 5.29. The summed E-state index contributed by atoms with van der Waals surface area (Å²) in [6.45, 7) is 2.32. The van der Waals surface area contributed by atoms with Crippen LogP contribution in [0.2, 0.25) is 0 Å². The van der Waals surface area contributed by atoms with E-state index in [1.54, 1.807) is 0 Å². The van der Waals surface area contributed by atoms with E-state index in [1.807, 2.05) is 23.5 Å². The Hall–Kier alpha value is -0.140. The predicted molar refractivity (Wildman–Crippen MR) is 89.1 cm³/mol. The molecule has 1 fully saturated rings. The SMILES string of the molecule is CN1CCS\C1=C/C=C/C=C/C=C/C1=[N+](C)CCS1.[I-]. The van der Waals surface area contributed by atoms with Crippen LogP contribution in [0.5, 0.6) is 0 Å². The van der Waals surface area contributed by atoms with Crippen LogP contribution >= 0.6 is 23.5 Å². The Labute approximate surface area is 147 Å². The van der Waals surface area contributed by atoms with Gasteiger partial charge in [0.05, 0.1) is 10.8 Å². The summed E-state index contributed by atoms with van der Waals surface area (Å²) in [5, 5.41) is 2.72. The van der Waals surface area contributed by atoms with Gasteiger partial charge in [0.25, 0.3) is 0 Å². The molecule has 2 heterocycles. The van der Waals surface area contributed by atoms with E-state index in [0.29, 0.717) is 0 Å². The first-order valence-corrected chi connectivity index (χ1v) is 8.51. The summed E-state index contributed by atoms with van der Waals surface area (Å²) in [4.78, 5) is 2.29. The molecule has 0 aromatic carbocycles. The molecule has 2 aliphatic rings. The van der Waals surface area contributed by atoms with Gasteiger partial charge in [-0.05, 0) is 6.08 Å². The number of halogens is 1. The number of rotatable bonds is 4. The molecule has 2 aliphatic heterocycles. The van der Waals surface area contributed by atoms with Crippen molar-refractivity contribution in [2.24, 2.45) is 0 Å². The first-order chi connectivity index (χ1) is 9.27. The fourth-order valence-electron chi connectivity index (χ4n) is 1.83. The van der Waals surface area contributed by atoms with Gasteiger partial charge in [-0.1, -0.05) is 42.1 Å². The second kappa shape index (κ2) is 9.73. The van der Waals surface area contributed by atoms with Crippen LogP contribution in [0.15, 0.2) is 47.6 Å². The number of hydrogen-bond donors (Lipinski definition) is 0. The van der Waals surface area contributed by atoms with Gasteiger partial charge in [0.1, 0.15) is 7.05 Å². The van der Waals surface area contributed by atoms with Crippen LogP contribution in [0.25, 0.3) is 0 Å². The van der Waals surface area contributed by atoms with Crippen molar-refractivity contribution in [1.29, 1.82) is 0 Å². The fraction of sp³-hybridized carbons (Fsp3) is 0.400. The second-order valence-corrected chi connectivity index (χ2v) is 6.74. The standard InChI is InChI=1S/C15H21N2S2.HI/c1-16-10-12-18-14(16)8-6-4-3-5-7-9-15-17(2)11-13-19-15;/h3-9H,10-13H2,1-2H3;1H/q+1;/p-1. The summed E-state index contributed by atoms with van der Waals surface area (Å²) in [5.41, 5.74) is 0. The van der Waals surface area contributed by atoms with Gasteiger partial charge in [-0.2, -0.15) is 0 Å².